The zero-order valence-corrected chi connectivity index (χ0v) is 11.8. The summed E-state index contributed by atoms with van der Waals surface area (Å²) in [4.78, 5) is 11.6. The van der Waals surface area contributed by atoms with Crippen molar-refractivity contribution in [2.24, 2.45) is 5.73 Å². The number of nitrogens with two attached hydrogens (primary N) is 1. The number of carbonyl (C=O) groups is 1. The molecule has 21 heavy (non-hydrogen) atoms. The molecule has 0 bridgehead atoms. The van der Waals surface area contributed by atoms with E-state index in [4.69, 9.17) is 17.3 Å². The molecule has 106 valence electrons. The predicted octanol–water partition coefficient (Wildman–Crippen LogP) is 3.95. The SMILES string of the molecule is NCc1ccc(-c2c(Cl)c3ccccc3n2C(=O)O)cc1. The van der Waals surface area contributed by atoms with Crippen LogP contribution in [0.15, 0.2) is 48.5 Å². The lowest BCUT2D eigenvalue weighted by molar-refractivity contribution is 0.198. The molecule has 0 spiro atoms. The maximum absolute atomic E-state index is 11.6. The van der Waals surface area contributed by atoms with Gasteiger partial charge in [0.1, 0.15) is 0 Å². The molecule has 3 rings (SSSR count). The molecule has 0 aliphatic heterocycles. The summed E-state index contributed by atoms with van der Waals surface area (Å²) in [5.41, 5.74) is 8.37. The van der Waals surface area contributed by atoms with Crippen molar-refractivity contribution in [3.63, 3.8) is 0 Å². The lowest BCUT2D eigenvalue weighted by atomic mass is 10.1. The van der Waals surface area contributed by atoms with Crippen LogP contribution in [0.1, 0.15) is 5.56 Å². The Balaban J connectivity index is 2.32. The van der Waals surface area contributed by atoms with Crippen LogP contribution in [0.2, 0.25) is 5.02 Å². The van der Waals surface area contributed by atoms with Gasteiger partial charge in [0.2, 0.25) is 0 Å². The van der Waals surface area contributed by atoms with Crippen molar-refractivity contribution in [3.8, 4) is 11.3 Å². The standard InChI is InChI=1S/C16H13ClN2O2/c17-14-12-3-1-2-4-13(12)19(16(20)21)15(14)11-7-5-10(9-18)6-8-11/h1-8H,9,18H2,(H,20,21). The highest BCUT2D eigenvalue weighted by Gasteiger charge is 2.20. The fourth-order valence-electron chi connectivity index (χ4n) is 2.45. The fourth-order valence-corrected chi connectivity index (χ4v) is 2.81. The molecular weight excluding hydrogens is 288 g/mol. The van der Waals surface area contributed by atoms with Crippen LogP contribution in [0.3, 0.4) is 0 Å². The summed E-state index contributed by atoms with van der Waals surface area (Å²) in [6.45, 7) is 0.440. The van der Waals surface area contributed by atoms with Crippen LogP contribution >= 0.6 is 11.6 Å². The summed E-state index contributed by atoms with van der Waals surface area (Å²) < 4.78 is 1.22. The molecule has 0 amide bonds. The average molecular weight is 301 g/mol. The number of para-hydroxylation sites is 1. The zero-order chi connectivity index (χ0) is 15.0. The van der Waals surface area contributed by atoms with Crippen molar-refractivity contribution < 1.29 is 9.90 Å². The van der Waals surface area contributed by atoms with Gasteiger partial charge in [-0.1, -0.05) is 54.1 Å². The van der Waals surface area contributed by atoms with E-state index in [9.17, 15) is 9.90 Å². The molecule has 0 unspecified atom stereocenters. The second-order valence-electron chi connectivity index (χ2n) is 4.70. The number of hydrogen-bond donors (Lipinski definition) is 2. The van der Waals surface area contributed by atoms with Gasteiger partial charge in [0.05, 0.1) is 16.2 Å². The van der Waals surface area contributed by atoms with Gasteiger partial charge in [0.25, 0.3) is 0 Å². The highest BCUT2D eigenvalue weighted by molar-refractivity contribution is 6.39. The van der Waals surface area contributed by atoms with E-state index in [1.165, 1.54) is 4.57 Å². The van der Waals surface area contributed by atoms with Crippen LogP contribution in [0.5, 0.6) is 0 Å². The largest absolute Gasteiger partial charge is 0.464 e. The summed E-state index contributed by atoms with van der Waals surface area (Å²) in [5, 5.41) is 10.7. The highest BCUT2D eigenvalue weighted by Crippen LogP contribution is 2.37. The molecule has 2 aromatic carbocycles. The number of hydrogen-bond acceptors (Lipinski definition) is 2. The first-order chi connectivity index (χ1) is 10.1. The van der Waals surface area contributed by atoms with Gasteiger partial charge in [0, 0.05) is 17.5 Å². The second-order valence-corrected chi connectivity index (χ2v) is 5.08. The Hall–Kier alpha value is -2.30. The minimum Gasteiger partial charge on any atom is -0.464 e. The second kappa shape index (κ2) is 5.24. The van der Waals surface area contributed by atoms with Crippen molar-refractivity contribution in [2.75, 3.05) is 0 Å². The molecule has 1 heterocycles. The number of fused-ring (bicyclic) bond motifs is 1. The summed E-state index contributed by atoms with van der Waals surface area (Å²) in [5.74, 6) is 0. The van der Waals surface area contributed by atoms with Gasteiger partial charge in [-0.25, -0.2) is 9.36 Å². The molecule has 0 radical (unpaired) electrons. The van der Waals surface area contributed by atoms with Gasteiger partial charge in [-0.3, -0.25) is 0 Å². The molecule has 3 N–H and O–H groups in total. The molecule has 0 aliphatic rings. The Morgan fingerprint density at radius 3 is 2.43 bits per heavy atom. The molecule has 4 nitrogen and oxygen atoms in total. The van der Waals surface area contributed by atoms with E-state index in [1.54, 1.807) is 12.1 Å². The molecule has 0 aliphatic carbocycles. The van der Waals surface area contributed by atoms with E-state index >= 15 is 0 Å². The number of halogens is 1. The van der Waals surface area contributed by atoms with Crippen molar-refractivity contribution >= 4 is 28.6 Å². The first-order valence-electron chi connectivity index (χ1n) is 6.45. The topological polar surface area (TPSA) is 68.2 Å². The van der Waals surface area contributed by atoms with E-state index in [0.717, 1.165) is 16.5 Å². The van der Waals surface area contributed by atoms with E-state index < -0.39 is 6.09 Å². The van der Waals surface area contributed by atoms with Gasteiger partial charge >= 0.3 is 6.09 Å². The number of nitrogens with zero attached hydrogens (tertiary/aromatic N) is 1. The van der Waals surface area contributed by atoms with E-state index in [0.29, 0.717) is 22.8 Å². The molecular formula is C16H13ClN2O2. The summed E-state index contributed by atoms with van der Waals surface area (Å²) >= 11 is 6.41. The van der Waals surface area contributed by atoms with Crippen molar-refractivity contribution in [1.82, 2.24) is 4.57 Å². The van der Waals surface area contributed by atoms with E-state index in [2.05, 4.69) is 0 Å². The molecule has 0 fully saturated rings. The van der Waals surface area contributed by atoms with E-state index in [1.807, 2.05) is 36.4 Å². The van der Waals surface area contributed by atoms with Crippen molar-refractivity contribution in [3.05, 3.63) is 59.1 Å². The molecule has 0 saturated heterocycles. The first-order valence-corrected chi connectivity index (χ1v) is 6.83. The third kappa shape index (κ3) is 2.18. The fraction of sp³-hybridized carbons (Fsp3) is 0.0625. The van der Waals surface area contributed by atoms with Crippen LogP contribution in [0.25, 0.3) is 22.2 Å². The Morgan fingerprint density at radius 2 is 1.81 bits per heavy atom. The maximum atomic E-state index is 11.6. The molecule has 0 atom stereocenters. The third-order valence-electron chi connectivity index (χ3n) is 3.47. The number of aromatic nitrogens is 1. The number of rotatable bonds is 2. The Kier molecular flexibility index (Phi) is 3.41. The normalized spacial score (nSPS) is 11.0. The zero-order valence-electron chi connectivity index (χ0n) is 11.1. The van der Waals surface area contributed by atoms with Crippen LogP contribution in [0, 0.1) is 0 Å². The van der Waals surface area contributed by atoms with Crippen LogP contribution in [-0.4, -0.2) is 15.8 Å². The van der Waals surface area contributed by atoms with Gasteiger partial charge in [-0.05, 0) is 11.6 Å². The lowest BCUT2D eigenvalue weighted by Crippen LogP contribution is -2.09. The number of benzene rings is 2. The van der Waals surface area contributed by atoms with E-state index in [-0.39, 0.29) is 0 Å². The van der Waals surface area contributed by atoms with Gasteiger partial charge in [-0.15, -0.1) is 0 Å². The average Bonchev–Trinajstić information content (AvgIpc) is 2.81. The van der Waals surface area contributed by atoms with Crippen molar-refractivity contribution in [2.45, 2.75) is 6.54 Å². The minimum atomic E-state index is -1.06. The van der Waals surface area contributed by atoms with Gasteiger partial charge in [0.15, 0.2) is 0 Å². The predicted molar refractivity (Wildman–Crippen MR) is 83.7 cm³/mol. The van der Waals surface area contributed by atoms with Gasteiger partial charge in [-0.2, -0.15) is 0 Å². The van der Waals surface area contributed by atoms with Crippen molar-refractivity contribution in [1.29, 1.82) is 0 Å². The molecule has 3 aromatic rings. The van der Waals surface area contributed by atoms with Crippen LogP contribution in [0.4, 0.5) is 4.79 Å². The monoisotopic (exact) mass is 300 g/mol. The Morgan fingerprint density at radius 1 is 1.14 bits per heavy atom. The van der Waals surface area contributed by atoms with Crippen LogP contribution < -0.4 is 5.73 Å². The molecule has 5 heteroatoms. The highest BCUT2D eigenvalue weighted by atomic mass is 35.5. The minimum absolute atomic E-state index is 0.438. The Labute approximate surface area is 126 Å². The third-order valence-corrected chi connectivity index (χ3v) is 3.85. The summed E-state index contributed by atoms with van der Waals surface area (Å²) in [7, 11) is 0. The first kappa shape index (κ1) is 13.7. The lowest BCUT2D eigenvalue weighted by Gasteiger charge is -2.07. The number of carboxylic acid groups (broad SMARTS) is 1. The smallest absolute Gasteiger partial charge is 0.416 e. The van der Waals surface area contributed by atoms with Crippen LogP contribution in [-0.2, 0) is 6.54 Å². The summed E-state index contributed by atoms with van der Waals surface area (Å²) in [6.07, 6.45) is -1.06. The quantitative estimate of drug-likeness (QED) is 0.753. The van der Waals surface area contributed by atoms with Gasteiger partial charge < -0.3 is 10.8 Å². The molecule has 0 saturated carbocycles. The molecule has 1 aromatic heterocycles. The Bertz CT molecular complexity index is 822. The summed E-state index contributed by atoms with van der Waals surface area (Å²) in [6, 6.07) is 14.6. The maximum Gasteiger partial charge on any atom is 0.416 e.